The molecular weight excluding hydrogens is 297 g/mol. The lowest BCUT2D eigenvalue weighted by atomic mass is 9.79. The van der Waals surface area contributed by atoms with Crippen molar-refractivity contribution in [2.75, 3.05) is 0 Å². The highest BCUT2D eigenvalue weighted by molar-refractivity contribution is 6.62. The van der Waals surface area contributed by atoms with Gasteiger partial charge < -0.3 is 14.6 Å². The van der Waals surface area contributed by atoms with Gasteiger partial charge in [-0.1, -0.05) is 43.3 Å². The Labute approximate surface area is 146 Å². The molecule has 0 amide bonds. The van der Waals surface area contributed by atoms with Crippen molar-refractivity contribution in [1.29, 1.82) is 0 Å². The van der Waals surface area contributed by atoms with Crippen LogP contribution in [-0.4, -0.2) is 18.3 Å². The van der Waals surface area contributed by atoms with E-state index in [1.54, 1.807) is 0 Å². The second kappa shape index (κ2) is 6.42. The molecule has 3 nitrogen and oxygen atoms in total. The quantitative estimate of drug-likeness (QED) is 0.859. The van der Waals surface area contributed by atoms with E-state index in [0.29, 0.717) is 5.92 Å². The monoisotopic (exact) mass is 325 g/mol. The zero-order chi connectivity index (χ0) is 17.4. The minimum Gasteiger partial charge on any atom is -0.399 e. The molecule has 1 saturated heterocycles. The second-order valence-corrected chi connectivity index (χ2v) is 7.91. The smallest absolute Gasteiger partial charge is 0.399 e. The van der Waals surface area contributed by atoms with Crippen LogP contribution in [0.2, 0.25) is 0 Å². The van der Waals surface area contributed by atoms with Crippen LogP contribution in [-0.2, 0) is 15.9 Å². The van der Waals surface area contributed by atoms with Gasteiger partial charge >= 0.3 is 7.12 Å². The molecule has 4 heteroatoms. The number of rotatable bonds is 4. The van der Waals surface area contributed by atoms with Crippen LogP contribution in [0.4, 0.5) is 0 Å². The van der Waals surface area contributed by atoms with E-state index in [-0.39, 0.29) is 18.3 Å². The number of nitrogens with one attached hydrogen (secondary N) is 1. The minimum atomic E-state index is -0.297. The highest BCUT2D eigenvalue weighted by atomic mass is 16.7. The highest BCUT2D eigenvalue weighted by Crippen LogP contribution is 2.36. The Morgan fingerprint density at radius 1 is 1.08 bits per heavy atom. The van der Waals surface area contributed by atoms with Crippen LogP contribution in [0.15, 0.2) is 48.2 Å². The summed E-state index contributed by atoms with van der Waals surface area (Å²) in [6, 6.07) is 8.49. The third kappa shape index (κ3) is 3.60. The van der Waals surface area contributed by atoms with E-state index < -0.39 is 0 Å². The molecule has 0 saturated carbocycles. The van der Waals surface area contributed by atoms with E-state index in [2.05, 4.69) is 82.4 Å². The van der Waals surface area contributed by atoms with Crippen LogP contribution >= 0.6 is 0 Å². The lowest BCUT2D eigenvalue weighted by Gasteiger charge is -2.32. The molecule has 1 heterocycles. The van der Waals surface area contributed by atoms with E-state index in [1.807, 2.05) is 0 Å². The molecule has 1 atom stereocenters. The first-order valence-electron chi connectivity index (χ1n) is 8.83. The van der Waals surface area contributed by atoms with Gasteiger partial charge in [0.05, 0.1) is 11.2 Å². The van der Waals surface area contributed by atoms with Crippen molar-refractivity contribution < 1.29 is 9.31 Å². The standard InChI is InChI=1S/C20H28BNO2/c1-15-6-12-18(13-7-15)22-14-16-8-10-17(11-9-16)21-23-19(2,3)20(4,5)24-21/h6,8-13,15,22H,7,14H2,1-5H3. The maximum absolute atomic E-state index is 6.10. The molecule has 1 aromatic carbocycles. The zero-order valence-electron chi connectivity index (χ0n) is 15.4. The molecule has 0 radical (unpaired) electrons. The summed E-state index contributed by atoms with van der Waals surface area (Å²) in [5, 5.41) is 3.49. The average Bonchev–Trinajstić information content (AvgIpc) is 2.75. The summed E-state index contributed by atoms with van der Waals surface area (Å²) in [6.07, 6.45) is 7.81. The molecule has 128 valence electrons. The Balaban J connectivity index is 1.59. The van der Waals surface area contributed by atoms with Gasteiger partial charge in [0.2, 0.25) is 0 Å². The van der Waals surface area contributed by atoms with E-state index in [9.17, 15) is 0 Å². The molecule has 2 aliphatic rings. The Bertz CT molecular complexity index is 630. The van der Waals surface area contributed by atoms with Gasteiger partial charge in [0.1, 0.15) is 0 Å². The largest absolute Gasteiger partial charge is 0.494 e. The third-order valence-corrected chi connectivity index (χ3v) is 5.32. The van der Waals surface area contributed by atoms with Crippen molar-refractivity contribution in [2.45, 2.75) is 58.8 Å². The lowest BCUT2D eigenvalue weighted by Crippen LogP contribution is -2.41. The average molecular weight is 325 g/mol. The molecule has 0 spiro atoms. The molecule has 1 unspecified atom stereocenters. The molecule has 1 aromatic rings. The van der Waals surface area contributed by atoms with Crippen molar-refractivity contribution in [2.24, 2.45) is 5.92 Å². The number of benzene rings is 1. The van der Waals surface area contributed by atoms with Crippen molar-refractivity contribution in [1.82, 2.24) is 5.32 Å². The summed E-state index contributed by atoms with van der Waals surface area (Å²) in [5.74, 6) is 0.648. The lowest BCUT2D eigenvalue weighted by molar-refractivity contribution is 0.00578. The fourth-order valence-electron chi connectivity index (χ4n) is 2.83. The zero-order valence-corrected chi connectivity index (χ0v) is 15.4. The Morgan fingerprint density at radius 3 is 2.25 bits per heavy atom. The first-order chi connectivity index (χ1) is 11.3. The fourth-order valence-corrected chi connectivity index (χ4v) is 2.83. The Hall–Kier alpha value is -1.52. The van der Waals surface area contributed by atoms with Gasteiger partial charge in [-0.15, -0.1) is 0 Å². The second-order valence-electron chi connectivity index (χ2n) is 7.91. The van der Waals surface area contributed by atoms with E-state index in [1.165, 1.54) is 11.3 Å². The fraction of sp³-hybridized carbons (Fsp3) is 0.500. The van der Waals surface area contributed by atoms with Crippen molar-refractivity contribution in [3.8, 4) is 0 Å². The Morgan fingerprint density at radius 2 is 1.71 bits per heavy atom. The molecule has 1 fully saturated rings. The van der Waals surface area contributed by atoms with Crippen LogP contribution in [0.1, 0.15) is 46.6 Å². The maximum Gasteiger partial charge on any atom is 0.494 e. The van der Waals surface area contributed by atoms with E-state index in [0.717, 1.165) is 18.4 Å². The number of hydrogen-bond donors (Lipinski definition) is 1. The normalized spacial score (nSPS) is 24.8. The van der Waals surface area contributed by atoms with Gasteiger partial charge in [0.15, 0.2) is 0 Å². The van der Waals surface area contributed by atoms with Gasteiger partial charge in [0, 0.05) is 12.2 Å². The molecule has 1 aliphatic heterocycles. The maximum atomic E-state index is 6.10. The molecule has 0 aromatic heterocycles. The molecule has 3 rings (SSSR count). The van der Waals surface area contributed by atoms with Gasteiger partial charge in [-0.05, 0) is 57.1 Å². The Kier molecular flexibility index (Phi) is 4.63. The summed E-state index contributed by atoms with van der Waals surface area (Å²) < 4.78 is 12.2. The number of hydrogen-bond acceptors (Lipinski definition) is 3. The molecular formula is C20H28BNO2. The molecule has 0 bridgehead atoms. The summed E-state index contributed by atoms with van der Waals surface area (Å²) in [6.45, 7) is 11.4. The summed E-state index contributed by atoms with van der Waals surface area (Å²) >= 11 is 0. The van der Waals surface area contributed by atoms with Crippen LogP contribution in [0.3, 0.4) is 0 Å². The van der Waals surface area contributed by atoms with E-state index >= 15 is 0 Å². The highest BCUT2D eigenvalue weighted by Gasteiger charge is 2.51. The first-order valence-corrected chi connectivity index (χ1v) is 8.83. The molecule has 24 heavy (non-hydrogen) atoms. The first kappa shape index (κ1) is 17.3. The SMILES string of the molecule is CC1C=CC(NCc2ccc(B3OC(C)(C)C(C)(C)O3)cc2)=CC1. The minimum absolute atomic E-state index is 0.289. The van der Waals surface area contributed by atoms with Gasteiger partial charge in [0.25, 0.3) is 0 Å². The summed E-state index contributed by atoms with van der Waals surface area (Å²) in [4.78, 5) is 0. The predicted molar refractivity (Wildman–Crippen MR) is 100 cm³/mol. The molecule has 1 aliphatic carbocycles. The van der Waals surface area contributed by atoms with Crippen LogP contribution in [0, 0.1) is 5.92 Å². The number of allylic oxidation sites excluding steroid dienone is 3. The van der Waals surface area contributed by atoms with Crippen molar-refractivity contribution in [3.63, 3.8) is 0 Å². The van der Waals surface area contributed by atoms with Gasteiger partial charge in [-0.25, -0.2) is 0 Å². The van der Waals surface area contributed by atoms with Crippen molar-refractivity contribution >= 4 is 12.6 Å². The van der Waals surface area contributed by atoms with Gasteiger partial charge in [-0.2, -0.15) is 0 Å². The predicted octanol–water partition coefficient (Wildman–Crippen LogP) is 3.56. The van der Waals surface area contributed by atoms with Crippen LogP contribution in [0.25, 0.3) is 0 Å². The van der Waals surface area contributed by atoms with Gasteiger partial charge in [-0.3, -0.25) is 0 Å². The van der Waals surface area contributed by atoms with Crippen LogP contribution in [0.5, 0.6) is 0 Å². The summed E-state index contributed by atoms with van der Waals surface area (Å²) in [7, 11) is -0.289. The van der Waals surface area contributed by atoms with E-state index in [4.69, 9.17) is 9.31 Å². The molecule has 1 N–H and O–H groups in total. The summed E-state index contributed by atoms with van der Waals surface area (Å²) in [5.41, 5.74) is 2.94. The van der Waals surface area contributed by atoms with Crippen molar-refractivity contribution in [3.05, 3.63) is 53.8 Å². The topological polar surface area (TPSA) is 30.5 Å². The van der Waals surface area contributed by atoms with Crippen LogP contribution < -0.4 is 10.8 Å². The third-order valence-electron chi connectivity index (χ3n) is 5.32.